The van der Waals surface area contributed by atoms with Gasteiger partial charge in [0.2, 0.25) is 16.7 Å². The second kappa shape index (κ2) is 7.54. The molecule has 0 aromatic heterocycles. The van der Waals surface area contributed by atoms with Gasteiger partial charge >= 0.3 is 0 Å². The molecule has 0 amide bonds. The van der Waals surface area contributed by atoms with Crippen LogP contribution in [-0.2, 0) is 30.2 Å². The first-order valence-corrected chi connectivity index (χ1v) is 8.99. The van der Waals surface area contributed by atoms with Crippen molar-refractivity contribution in [1.29, 1.82) is 0 Å². The van der Waals surface area contributed by atoms with E-state index in [0.717, 1.165) is 5.56 Å². The lowest BCUT2D eigenvalue weighted by Gasteiger charge is -2.53. The Hall–Kier alpha value is -0.920. The number of methoxy groups -OCH3 is 2. The van der Waals surface area contributed by atoms with Crippen LogP contribution in [0.5, 0.6) is 0 Å². The van der Waals surface area contributed by atoms with Gasteiger partial charge in [0.1, 0.15) is 0 Å². The van der Waals surface area contributed by atoms with Crippen LogP contribution in [0.3, 0.4) is 0 Å². The number of hydrogen-bond acceptors (Lipinski definition) is 6. The molecule has 1 saturated heterocycles. The number of rotatable bonds is 6. The van der Waals surface area contributed by atoms with Crippen molar-refractivity contribution in [3.8, 4) is 0 Å². The molecule has 1 aromatic rings. The van der Waals surface area contributed by atoms with E-state index in [2.05, 4.69) is 0 Å². The summed E-state index contributed by atoms with van der Waals surface area (Å²) in [7, 11) is 3.06. The largest absolute Gasteiger partial charge is 0.349 e. The van der Waals surface area contributed by atoms with Gasteiger partial charge in [-0.25, -0.2) is 0 Å². The number of carbonyl (C=O) groups is 1. The summed E-state index contributed by atoms with van der Waals surface area (Å²) in [5, 5.41) is -0.0599. The molecule has 134 valence electrons. The van der Waals surface area contributed by atoms with Crippen molar-refractivity contribution in [2.75, 3.05) is 26.6 Å². The molecule has 1 aromatic carbocycles. The van der Waals surface area contributed by atoms with Gasteiger partial charge in [-0.15, -0.1) is 0 Å². The molecule has 3 atom stereocenters. The molecule has 24 heavy (non-hydrogen) atoms. The van der Waals surface area contributed by atoms with Gasteiger partial charge in [-0.1, -0.05) is 49.0 Å². The van der Waals surface area contributed by atoms with Crippen molar-refractivity contribution in [3.05, 3.63) is 35.9 Å². The summed E-state index contributed by atoms with van der Waals surface area (Å²) in [6, 6.07) is 9.78. The summed E-state index contributed by atoms with van der Waals surface area (Å²) in [5.74, 6) is -1.64. The minimum Gasteiger partial charge on any atom is -0.349 e. The average molecular weight is 354 g/mol. The first-order chi connectivity index (χ1) is 11.3. The van der Waals surface area contributed by atoms with Gasteiger partial charge in [-0.2, -0.15) is 0 Å². The van der Waals surface area contributed by atoms with Crippen molar-refractivity contribution in [2.45, 2.75) is 44.4 Å². The normalized spacial score (nSPS) is 33.4. The molecule has 2 rings (SSSR count). The van der Waals surface area contributed by atoms with Crippen LogP contribution in [0.25, 0.3) is 0 Å². The first-order valence-electron chi connectivity index (χ1n) is 8.00. The third kappa shape index (κ3) is 3.53. The van der Waals surface area contributed by atoms with E-state index < -0.39 is 17.2 Å². The van der Waals surface area contributed by atoms with Crippen LogP contribution >= 0.6 is 11.8 Å². The van der Waals surface area contributed by atoms with Gasteiger partial charge in [0.05, 0.1) is 6.61 Å². The topological polar surface area (TPSA) is 54.0 Å². The van der Waals surface area contributed by atoms with Crippen molar-refractivity contribution >= 4 is 16.9 Å². The molecule has 1 aliphatic heterocycles. The minimum atomic E-state index is -1.21. The van der Waals surface area contributed by atoms with Crippen LogP contribution < -0.4 is 0 Å². The summed E-state index contributed by atoms with van der Waals surface area (Å²) in [4.78, 5) is 12.9. The highest BCUT2D eigenvalue weighted by Gasteiger charge is 2.60. The molecule has 0 radical (unpaired) electrons. The van der Waals surface area contributed by atoms with Gasteiger partial charge in [0.25, 0.3) is 0 Å². The monoisotopic (exact) mass is 354 g/mol. The number of ether oxygens (including phenoxy) is 4. The summed E-state index contributed by atoms with van der Waals surface area (Å²) >= 11 is 1.23. The Bertz CT molecular complexity index is 566. The van der Waals surface area contributed by atoms with E-state index in [1.54, 1.807) is 13.8 Å². The molecule has 0 N–H and O–H groups in total. The van der Waals surface area contributed by atoms with E-state index in [1.807, 2.05) is 37.3 Å². The highest BCUT2D eigenvalue weighted by molar-refractivity contribution is 8.13. The fourth-order valence-electron chi connectivity index (χ4n) is 2.80. The Morgan fingerprint density at radius 2 is 1.79 bits per heavy atom. The van der Waals surface area contributed by atoms with Gasteiger partial charge in [0, 0.05) is 20.6 Å². The smallest absolute Gasteiger partial charge is 0.223 e. The Labute approximate surface area is 148 Å². The van der Waals surface area contributed by atoms with Gasteiger partial charge < -0.3 is 18.9 Å². The quantitative estimate of drug-likeness (QED) is 0.783. The van der Waals surface area contributed by atoms with Gasteiger partial charge in [-0.05, 0) is 25.2 Å². The lowest BCUT2D eigenvalue weighted by molar-refractivity contribution is -0.443. The van der Waals surface area contributed by atoms with Crippen LogP contribution in [0.1, 0.15) is 26.3 Å². The number of carbonyl (C=O) groups excluding carboxylic acids is 1. The van der Waals surface area contributed by atoms with Gasteiger partial charge in [0.15, 0.2) is 5.60 Å². The number of benzene rings is 1. The lowest BCUT2D eigenvalue weighted by atomic mass is 9.92. The first kappa shape index (κ1) is 19.4. The fraction of sp³-hybridized carbons (Fsp3) is 0.611. The third-order valence-corrected chi connectivity index (χ3v) is 5.48. The van der Waals surface area contributed by atoms with E-state index in [1.165, 1.54) is 26.0 Å². The summed E-state index contributed by atoms with van der Waals surface area (Å²) in [6.07, 6.45) is 0.415. The van der Waals surface area contributed by atoms with Crippen molar-refractivity contribution in [1.82, 2.24) is 0 Å². The number of hydrogen-bond donors (Lipinski definition) is 0. The maximum atomic E-state index is 12.9. The molecule has 1 fully saturated rings. The molecule has 0 saturated carbocycles. The lowest BCUT2D eigenvalue weighted by Crippen LogP contribution is -2.68. The van der Waals surface area contributed by atoms with Crippen molar-refractivity contribution in [2.24, 2.45) is 0 Å². The molecule has 0 bridgehead atoms. The Morgan fingerprint density at radius 3 is 2.33 bits per heavy atom. The molecular formula is C18H26O5S. The zero-order chi connectivity index (χ0) is 17.8. The van der Waals surface area contributed by atoms with E-state index >= 15 is 0 Å². The average Bonchev–Trinajstić information content (AvgIpc) is 2.59. The number of thioether (sulfide) groups is 1. The maximum absolute atomic E-state index is 12.9. The van der Waals surface area contributed by atoms with Crippen molar-refractivity contribution < 1.29 is 23.7 Å². The maximum Gasteiger partial charge on any atom is 0.223 e. The zero-order valence-electron chi connectivity index (χ0n) is 15.0. The third-order valence-electron chi connectivity index (χ3n) is 4.55. The van der Waals surface area contributed by atoms with Crippen LogP contribution in [-0.4, -0.2) is 48.9 Å². The van der Waals surface area contributed by atoms with E-state index in [9.17, 15) is 4.79 Å². The summed E-state index contributed by atoms with van der Waals surface area (Å²) in [5.41, 5.74) is -0.115. The molecule has 1 heterocycles. The van der Waals surface area contributed by atoms with Crippen LogP contribution in [0.2, 0.25) is 0 Å². The summed E-state index contributed by atoms with van der Waals surface area (Å²) < 4.78 is 23.3. The van der Waals surface area contributed by atoms with Crippen LogP contribution in [0, 0.1) is 0 Å². The fourth-order valence-corrected chi connectivity index (χ4v) is 3.50. The minimum absolute atomic E-state index is 0.0599. The summed E-state index contributed by atoms with van der Waals surface area (Å²) in [6.45, 7) is 5.54. The van der Waals surface area contributed by atoms with Gasteiger partial charge in [-0.3, -0.25) is 4.79 Å². The highest BCUT2D eigenvalue weighted by atomic mass is 32.2. The van der Waals surface area contributed by atoms with Crippen molar-refractivity contribution in [3.63, 3.8) is 0 Å². The second-order valence-electron chi connectivity index (χ2n) is 6.07. The second-order valence-corrected chi connectivity index (χ2v) is 7.30. The molecule has 6 heteroatoms. The molecule has 0 aliphatic carbocycles. The van der Waals surface area contributed by atoms with E-state index in [4.69, 9.17) is 18.9 Å². The molecule has 0 unspecified atom stereocenters. The zero-order valence-corrected chi connectivity index (χ0v) is 15.8. The predicted molar refractivity (Wildman–Crippen MR) is 93.9 cm³/mol. The molecular weight excluding hydrogens is 328 g/mol. The molecule has 5 nitrogen and oxygen atoms in total. The Balaban J connectivity index is 2.39. The Morgan fingerprint density at radius 1 is 1.17 bits per heavy atom. The SMILES string of the molecule is CCSC(=O)[C@]1(Cc2ccccc2)CO[C@@](C)(OC)[C@](C)(OC)O1. The van der Waals surface area contributed by atoms with E-state index in [0.29, 0.717) is 12.2 Å². The molecule has 0 spiro atoms. The molecule has 1 aliphatic rings. The highest BCUT2D eigenvalue weighted by Crippen LogP contribution is 2.43. The van der Waals surface area contributed by atoms with Crippen LogP contribution in [0.4, 0.5) is 0 Å². The van der Waals surface area contributed by atoms with Crippen LogP contribution in [0.15, 0.2) is 30.3 Å². The van der Waals surface area contributed by atoms with E-state index in [-0.39, 0.29) is 11.7 Å². The Kier molecular flexibility index (Phi) is 6.09. The predicted octanol–water partition coefficient (Wildman–Crippen LogP) is 3.02. The standard InChI is InChI=1S/C18H26O5S/c1-6-24-15(19)18(12-14-10-8-7-9-11-14)13-22-16(2,20-4)17(3,21-5)23-18/h7-11H,6,12-13H2,1-5H3/t16-,17-,18+/m1/s1.